The van der Waals surface area contributed by atoms with Gasteiger partial charge in [-0.05, 0) is 40.8 Å². The third kappa shape index (κ3) is 14.3. The lowest BCUT2D eigenvalue weighted by atomic mass is 10.3. The average molecular weight is 427 g/mol. The molecule has 30 heavy (non-hydrogen) atoms. The number of ether oxygens (including phenoxy) is 4. The predicted molar refractivity (Wildman–Crippen MR) is 109 cm³/mol. The molecule has 0 aromatic carbocycles. The van der Waals surface area contributed by atoms with Crippen LogP contribution in [0.4, 0.5) is 0 Å². The highest BCUT2D eigenvalue weighted by atomic mass is 16.6. The van der Waals surface area contributed by atoms with Crippen molar-refractivity contribution in [3.05, 3.63) is 24.3 Å². The zero-order valence-electron chi connectivity index (χ0n) is 18.6. The minimum absolute atomic E-state index is 0.213. The Kier molecular flexibility index (Phi) is 13.8. The third-order valence-electron chi connectivity index (χ3n) is 3.47. The van der Waals surface area contributed by atoms with Crippen LogP contribution >= 0.6 is 0 Å². The van der Waals surface area contributed by atoms with Crippen molar-refractivity contribution < 1.29 is 38.1 Å². The minimum Gasteiger partial charge on any atom is -0.460 e. The molecule has 0 aliphatic rings. The molecule has 0 fully saturated rings. The van der Waals surface area contributed by atoms with Gasteiger partial charge in [-0.15, -0.1) is 0 Å². The van der Waals surface area contributed by atoms with Crippen LogP contribution in [0.2, 0.25) is 0 Å². The second kappa shape index (κ2) is 15.2. The molecule has 0 aromatic rings. The maximum atomic E-state index is 12.0. The highest BCUT2D eigenvalue weighted by Crippen LogP contribution is 2.02. The number of nitrogens with zero attached hydrogens (tertiary/aromatic N) is 1. The van der Waals surface area contributed by atoms with E-state index in [4.69, 9.17) is 18.9 Å². The summed E-state index contributed by atoms with van der Waals surface area (Å²) in [4.78, 5) is 48.7. The molecule has 9 heteroatoms. The van der Waals surface area contributed by atoms with Gasteiger partial charge in [0, 0.05) is 30.8 Å². The zero-order valence-corrected chi connectivity index (χ0v) is 18.6. The molecular formula is C21H33NO8. The van der Waals surface area contributed by atoms with Gasteiger partial charge < -0.3 is 23.8 Å². The molecule has 1 unspecified atom stereocenters. The first-order valence-corrected chi connectivity index (χ1v) is 9.94. The first-order valence-electron chi connectivity index (χ1n) is 9.94. The van der Waals surface area contributed by atoms with Gasteiger partial charge in [0.2, 0.25) is 0 Å². The van der Waals surface area contributed by atoms with Crippen LogP contribution in [-0.2, 0) is 38.1 Å². The largest absolute Gasteiger partial charge is 0.460 e. The topological polar surface area (TPSA) is 108 Å². The summed E-state index contributed by atoms with van der Waals surface area (Å²) in [5, 5.41) is 0. The van der Waals surface area contributed by atoms with Crippen molar-refractivity contribution in [2.45, 2.75) is 59.9 Å². The summed E-state index contributed by atoms with van der Waals surface area (Å²) in [5.41, 5.74) is 0. The van der Waals surface area contributed by atoms with Crippen molar-refractivity contribution in [2.75, 3.05) is 26.2 Å². The summed E-state index contributed by atoms with van der Waals surface area (Å²) >= 11 is 0. The number of likely N-dealkylation sites (N-methyl/N-ethyl adjacent to an activating group) is 1. The van der Waals surface area contributed by atoms with E-state index >= 15 is 0 Å². The summed E-state index contributed by atoms with van der Waals surface area (Å²) in [6.07, 6.45) is 2.48. The lowest BCUT2D eigenvalue weighted by Crippen LogP contribution is -2.38. The average Bonchev–Trinajstić information content (AvgIpc) is 2.65. The molecule has 0 bridgehead atoms. The van der Waals surface area contributed by atoms with Crippen LogP contribution in [0, 0.1) is 0 Å². The highest BCUT2D eigenvalue weighted by Gasteiger charge is 2.18. The summed E-state index contributed by atoms with van der Waals surface area (Å²) in [5.74, 6) is -2.86. The van der Waals surface area contributed by atoms with Crippen LogP contribution in [0.1, 0.15) is 41.5 Å². The first kappa shape index (κ1) is 27.3. The molecule has 170 valence electrons. The Morgan fingerprint density at radius 1 is 0.700 bits per heavy atom. The van der Waals surface area contributed by atoms with Gasteiger partial charge in [-0.1, -0.05) is 13.8 Å². The highest BCUT2D eigenvalue weighted by molar-refractivity contribution is 5.92. The van der Waals surface area contributed by atoms with E-state index < -0.39 is 30.0 Å². The standard InChI is InChI=1S/C21H33NO8/c1-7-22(8-2)13-17(30-21(26)12-11-20(25)29-16(5)6)14-27-18(23)9-10-19(24)28-15(3)4/h9-12,15-17H,7-8,13-14H2,1-6H3/b10-9+,12-11+. The maximum Gasteiger partial charge on any atom is 0.331 e. The van der Waals surface area contributed by atoms with E-state index in [0.717, 1.165) is 24.3 Å². The molecule has 9 nitrogen and oxygen atoms in total. The fourth-order valence-corrected chi connectivity index (χ4v) is 2.14. The van der Waals surface area contributed by atoms with Crippen molar-refractivity contribution in [1.29, 1.82) is 0 Å². The number of rotatable bonds is 13. The molecule has 0 amide bonds. The van der Waals surface area contributed by atoms with Gasteiger partial charge in [-0.2, -0.15) is 0 Å². The molecule has 0 spiro atoms. The summed E-state index contributed by atoms with van der Waals surface area (Å²) in [6, 6.07) is 0. The Balaban J connectivity index is 4.85. The van der Waals surface area contributed by atoms with E-state index in [1.54, 1.807) is 27.7 Å². The summed E-state index contributed by atoms with van der Waals surface area (Å²) in [6.45, 7) is 12.2. The van der Waals surface area contributed by atoms with E-state index in [2.05, 4.69) is 0 Å². The molecule has 0 rings (SSSR count). The molecule has 0 aromatic heterocycles. The van der Waals surface area contributed by atoms with Gasteiger partial charge in [0.05, 0.1) is 12.2 Å². The Labute approximate surface area is 178 Å². The lowest BCUT2D eigenvalue weighted by Gasteiger charge is -2.24. The molecule has 0 radical (unpaired) electrons. The van der Waals surface area contributed by atoms with Crippen LogP contribution in [0.15, 0.2) is 24.3 Å². The normalized spacial score (nSPS) is 12.6. The van der Waals surface area contributed by atoms with Crippen molar-refractivity contribution in [1.82, 2.24) is 4.90 Å². The number of carbonyl (C=O) groups excluding carboxylic acids is 4. The first-order chi connectivity index (χ1) is 14.1. The number of esters is 4. The summed E-state index contributed by atoms with van der Waals surface area (Å²) in [7, 11) is 0. The van der Waals surface area contributed by atoms with Crippen LogP contribution in [0.25, 0.3) is 0 Å². The van der Waals surface area contributed by atoms with Gasteiger partial charge in [-0.3, -0.25) is 0 Å². The summed E-state index contributed by atoms with van der Waals surface area (Å²) < 4.78 is 20.1. The Morgan fingerprint density at radius 3 is 1.50 bits per heavy atom. The quantitative estimate of drug-likeness (QED) is 0.247. The van der Waals surface area contributed by atoms with Gasteiger partial charge in [-0.25, -0.2) is 19.2 Å². The van der Waals surface area contributed by atoms with E-state index in [0.29, 0.717) is 19.6 Å². The molecule has 0 aliphatic carbocycles. The minimum atomic E-state index is -0.771. The Hall–Kier alpha value is -2.68. The van der Waals surface area contributed by atoms with Crippen molar-refractivity contribution in [3.63, 3.8) is 0 Å². The van der Waals surface area contributed by atoms with Crippen LogP contribution < -0.4 is 0 Å². The Bertz CT molecular complexity index is 620. The maximum absolute atomic E-state index is 12.0. The molecule has 0 saturated carbocycles. The van der Waals surface area contributed by atoms with Crippen LogP contribution in [0.3, 0.4) is 0 Å². The van der Waals surface area contributed by atoms with Crippen LogP contribution in [0.5, 0.6) is 0 Å². The van der Waals surface area contributed by atoms with Gasteiger partial charge in [0.25, 0.3) is 0 Å². The monoisotopic (exact) mass is 427 g/mol. The van der Waals surface area contributed by atoms with Gasteiger partial charge >= 0.3 is 23.9 Å². The molecule has 0 saturated heterocycles. The molecule has 0 N–H and O–H groups in total. The number of hydrogen-bond acceptors (Lipinski definition) is 9. The van der Waals surface area contributed by atoms with E-state index in [1.165, 1.54) is 0 Å². The smallest absolute Gasteiger partial charge is 0.331 e. The molecule has 0 heterocycles. The van der Waals surface area contributed by atoms with Crippen molar-refractivity contribution in [3.8, 4) is 0 Å². The molecule has 0 aliphatic heterocycles. The van der Waals surface area contributed by atoms with Crippen LogP contribution in [-0.4, -0.2) is 73.3 Å². The number of carbonyl (C=O) groups is 4. The second-order valence-electron chi connectivity index (χ2n) is 6.81. The Morgan fingerprint density at radius 2 is 1.10 bits per heavy atom. The van der Waals surface area contributed by atoms with E-state index in [1.807, 2.05) is 18.7 Å². The van der Waals surface area contributed by atoms with Crippen molar-refractivity contribution >= 4 is 23.9 Å². The van der Waals surface area contributed by atoms with Gasteiger partial charge in [0.15, 0.2) is 0 Å². The van der Waals surface area contributed by atoms with E-state index in [9.17, 15) is 19.2 Å². The lowest BCUT2D eigenvalue weighted by molar-refractivity contribution is -0.154. The fourth-order valence-electron chi connectivity index (χ4n) is 2.14. The van der Waals surface area contributed by atoms with Crippen molar-refractivity contribution in [2.24, 2.45) is 0 Å². The van der Waals surface area contributed by atoms with E-state index in [-0.39, 0.29) is 18.8 Å². The number of hydrogen-bond donors (Lipinski definition) is 0. The van der Waals surface area contributed by atoms with Gasteiger partial charge in [0.1, 0.15) is 12.7 Å². The SMILES string of the molecule is CCN(CC)CC(COC(=O)/C=C/C(=O)OC(C)C)OC(=O)/C=C/C(=O)OC(C)C. The zero-order chi connectivity index (χ0) is 23.1. The third-order valence-corrected chi connectivity index (χ3v) is 3.47. The molecule has 1 atom stereocenters. The fraction of sp³-hybridized carbons (Fsp3) is 0.619. The predicted octanol–water partition coefficient (Wildman–Crippen LogP) is 1.80. The molecular weight excluding hydrogens is 394 g/mol. The second-order valence-corrected chi connectivity index (χ2v) is 6.81.